The van der Waals surface area contributed by atoms with Crippen LogP contribution in [-0.2, 0) is 0 Å². The van der Waals surface area contributed by atoms with E-state index < -0.39 is 0 Å². The lowest BCUT2D eigenvalue weighted by molar-refractivity contribution is 0.533. The van der Waals surface area contributed by atoms with Gasteiger partial charge in [0.25, 0.3) is 0 Å². The normalized spacial score (nSPS) is 17.7. The number of anilines is 2. The minimum atomic E-state index is 0.712. The summed E-state index contributed by atoms with van der Waals surface area (Å²) in [7, 11) is 0. The van der Waals surface area contributed by atoms with E-state index >= 15 is 0 Å². The summed E-state index contributed by atoms with van der Waals surface area (Å²) in [5.74, 6) is 0. The van der Waals surface area contributed by atoms with Crippen LogP contribution in [0.3, 0.4) is 0 Å². The molecule has 2 nitrogen and oxygen atoms in total. The first-order chi connectivity index (χ1) is 8.31. The van der Waals surface area contributed by atoms with Crippen LogP contribution in [0.4, 0.5) is 11.4 Å². The Balaban J connectivity index is 2.14. The number of benzene rings is 1. The average Bonchev–Trinajstić information content (AvgIpc) is 2.59. The molecule has 0 heterocycles. The fraction of sp³-hybridized carbons (Fsp3) is 0.600. The van der Waals surface area contributed by atoms with Crippen LogP contribution < -0.4 is 10.6 Å². The Bertz CT molecular complexity index is 341. The molecule has 2 heteroatoms. The summed E-state index contributed by atoms with van der Waals surface area (Å²) < 4.78 is 0. The van der Waals surface area contributed by atoms with Gasteiger partial charge in [0.15, 0.2) is 0 Å². The van der Waals surface area contributed by atoms with Gasteiger partial charge in [-0.25, -0.2) is 0 Å². The fourth-order valence-corrected chi connectivity index (χ4v) is 2.92. The first kappa shape index (κ1) is 12.3. The zero-order valence-electron chi connectivity index (χ0n) is 10.9. The number of hydrogen-bond acceptors (Lipinski definition) is 2. The van der Waals surface area contributed by atoms with Crippen LogP contribution in [0.5, 0.6) is 0 Å². The zero-order chi connectivity index (χ0) is 12.1. The molecule has 0 radical (unpaired) electrons. The van der Waals surface area contributed by atoms with Crippen LogP contribution in [0, 0.1) is 0 Å². The van der Waals surface area contributed by atoms with Crippen LogP contribution in [0.2, 0.25) is 0 Å². The van der Waals surface area contributed by atoms with Gasteiger partial charge in [-0.15, -0.1) is 0 Å². The van der Waals surface area contributed by atoms with Gasteiger partial charge in [0.2, 0.25) is 0 Å². The standard InChI is InChI=1S/C15H24N2/c1-2-17(14-9-5-3-4-6-10-14)15-11-7-8-13(16)12-15/h7-8,11-12,14H,2-6,9-10,16H2,1H3. The first-order valence-electron chi connectivity index (χ1n) is 6.93. The second-order valence-corrected chi connectivity index (χ2v) is 5.03. The lowest BCUT2D eigenvalue weighted by atomic mass is 10.1. The van der Waals surface area contributed by atoms with Crippen molar-refractivity contribution in [3.8, 4) is 0 Å². The maximum absolute atomic E-state index is 5.88. The molecule has 2 rings (SSSR count). The van der Waals surface area contributed by atoms with E-state index in [1.54, 1.807) is 0 Å². The van der Waals surface area contributed by atoms with Crippen molar-refractivity contribution in [1.82, 2.24) is 0 Å². The number of rotatable bonds is 3. The molecule has 0 aliphatic heterocycles. The third-order valence-corrected chi connectivity index (χ3v) is 3.81. The van der Waals surface area contributed by atoms with Crippen LogP contribution in [0.15, 0.2) is 24.3 Å². The second-order valence-electron chi connectivity index (χ2n) is 5.03. The van der Waals surface area contributed by atoms with Gasteiger partial charge in [0, 0.05) is 24.0 Å². The Kier molecular flexibility index (Phi) is 4.29. The van der Waals surface area contributed by atoms with E-state index in [1.165, 1.54) is 44.2 Å². The van der Waals surface area contributed by atoms with Crippen LogP contribution >= 0.6 is 0 Å². The number of nitrogen functional groups attached to an aromatic ring is 1. The molecule has 1 aromatic carbocycles. The molecule has 94 valence electrons. The number of nitrogens with zero attached hydrogens (tertiary/aromatic N) is 1. The number of hydrogen-bond donors (Lipinski definition) is 1. The van der Waals surface area contributed by atoms with Crippen molar-refractivity contribution in [3.05, 3.63) is 24.3 Å². The van der Waals surface area contributed by atoms with E-state index in [2.05, 4.69) is 30.0 Å². The lowest BCUT2D eigenvalue weighted by Gasteiger charge is -2.32. The van der Waals surface area contributed by atoms with Gasteiger partial charge in [0.1, 0.15) is 0 Å². The minimum Gasteiger partial charge on any atom is -0.399 e. The van der Waals surface area contributed by atoms with Gasteiger partial charge in [0.05, 0.1) is 0 Å². The molecule has 0 spiro atoms. The Morgan fingerprint density at radius 2 is 1.88 bits per heavy atom. The Hall–Kier alpha value is -1.18. The molecule has 1 aromatic rings. The van der Waals surface area contributed by atoms with Gasteiger partial charge < -0.3 is 10.6 Å². The van der Waals surface area contributed by atoms with E-state index in [4.69, 9.17) is 5.73 Å². The van der Waals surface area contributed by atoms with Gasteiger partial charge in [-0.05, 0) is 38.0 Å². The van der Waals surface area contributed by atoms with Crippen LogP contribution in [-0.4, -0.2) is 12.6 Å². The van der Waals surface area contributed by atoms with E-state index in [0.29, 0.717) is 6.04 Å². The smallest absolute Gasteiger partial charge is 0.0389 e. The molecule has 0 unspecified atom stereocenters. The summed E-state index contributed by atoms with van der Waals surface area (Å²) in [6, 6.07) is 9.03. The molecule has 1 aliphatic rings. The van der Waals surface area contributed by atoms with Gasteiger partial charge >= 0.3 is 0 Å². The highest BCUT2D eigenvalue weighted by molar-refractivity contribution is 5.56. The second kappa shape index (κ2) is 5.95. The molecule has 0 aromatic heterocycles. The SMILES string of the molecule is CCN(c1cccc(N)c1)C1CCCCCC1. The van der Waals surface area contributed by atoms with Gasteiger partial charge in [-0.1, -0.05) is 31.7 Å². The quantitative estimate of drug-likeness (QED) is 0.634. The van der Waals surface area contributed by atoms with Crippen LogP contribution in [0.1, 0.15) is 45.4 Å². The highest BCUT2D eigenvalue weighted by Crippen LogP contribution is 2.27. The van der Waals surface area contributed by atoms with E-state index in [-0.39, 0.29) is 0 Å². The predicted octanol–water partition coefficient (Wildman–Crippen LogP) is 3.82. The zero-order valence-corrected chi connectivity index (χ0v) is 10.9. The largest absolute Gasteiger partial charge is 0.399 e. The van der Waals surface area contributed by atoms with E-state index in [1.807, 2.05) is 6.07 Å². The summed E-state index contributed by atoms with van der Waals surface area (Å²) in [5, 5.41) is 0. The maximum Gasteiger partial charge on any atom is 0.0389 e. The molecule has 0 saturated heterocycles. The lowest BCUT2D eigenvalue weighted by Crippen LogP contribution is -2.34. The summed E-state index contributed by atoms with van der Waals surface area (Å²) in [4.78, 5) is 2.53. The van der Waals surface area contributed by atoms with Gasteiger partial charge in [-0.3, -0.25) is 0 Å². The Labute approximate surface area is 105 Å². The Morgan fingerprint density at radius 1 is 1.18 bits per heavy atom. The summed E-state index contributed by atoms with van der Waals surface area (Å²) in [6.45, 7) is 3.32. The average molecular weight is 232 g/mol. The van der Waals surface area contributed by atoms with Gasteiger partial charge in [-0.2, -0.15) is 0 Å². The maximum atomic E-state index is 5.88. The van der Waals surface area contributed by atoms with E-state index in [9.17, 15) is 0 Å². The third-order valence-electron chi connectivity index (χ3n) is 3.81. The number of nitrogens with two attached hydrogens (primary N) is 1. The van der Waals surface area contributed by atoms with Crippen molar-refractivity contribution >= 4 is 11.4 Å². The third kappa shape index (κ3) is 3.15. The fourth-order valence-electron chi connectivity index (χ4n) is 2.92. The van der Waals surface area contributed by atoms with Crippen molar-refractivity contribution in [3.63, 3.8) is 0 Å². The topological polar surface area (TPSA) is 29.3 Å². The molecular formula is C15H24N2. The Morgan fingerprint density at radius 3 is 2.47 bits per heavy atom. The monoisotopic (exact) mass is 232 g/mol. The summed E-state index contributed by atoms with van der Waals surface area (Å²) in [6.07, 6.45) is 8.24. The predicted molar refractivity (Wildman–Crippen MR) is 75.4 cm³/mol. The summed E-state index contributed by atoms with van der Waals surface area (Å²) >= 11 is 0. The molecule has 17 heavy (non-hydrogen) atoms. The summed E-state index contributed by atoms with van der Waals surface area (Å²) in [5.41, 5.74) is 8.05. The minimum absolute atomic E-state index is 0.712. The molecule has 0 atom stereocenters. The first-order valence-corrected chi connectivity index (χ1v) is 6.93. The molecule has 0 amide bonds. The molecular weight excluding hydrogens is 208 g/mol. The molecule has 1 fully saturated rings. The molecule has 1 saturated carbocycles. The molecule has 1 aliphatic carbocycles. The van der Waals surface area contributed by atoms with Crippen molar-refractivity contribution in [1.29, 1.82) is 0 Å². The van der Waals surface area contributed by atoms with Crippen molar-refractivity contribution in [2.24, 2.45) is 0 Å². The van der Waals surface area contributed by atoms with E-state index in [0.717, 1.165) is 12.2 Å². The van der Waals surface area contributed by atoms with Crippen LogP contribution in [0.25, 0.3) is 0 Å². The highest BCUT2D eigenvalue weighted by Gasteiger charge is 2.19. The van der Waals surface area contributed by atoms with Crippen molar-refractivity contribution in [2.45, 2.75) is 51.5 Å². The molecule has 0 bridgehead atoms. The molecule has 2 N–H and O–H groups in total. The van der Waals surface area contributed by atoms with Crippen molar-refractivity contribution in [2.75, 3.05) is 17.2 Å². The van der Waals surface area contributed by atoms with Crippen molar-refractivity contribution < 1.29 is 0 Å². The highest BCUT2D eigenvalue weighted by atomic mass is 15.2.